The number of esters is 2. The van der Waals surface area contributed by atoms with Crippen molar-refractivity contribution < 1.29 is 53.1 Å². The average Bonchev–Trinajstić information content (AvgIpc) is 3.47. The number of ketones is 1. The van der Waals surface area contributed by atoms with Crippen LogP contribution in [0.15, 0.2) is 16.7 Å². The van der Waals surface area contributed by atoms with Crippen LogP contribution in [0.1, 0.15) is 115 Å². The van der Waals surface area contributed by atoms with Gasteiger partial charge in [0.2, 0.25) is 0 Å². The summed E-state index contributed by atoms with van der Waals surface area (Å²) in [7, 11) is 0. The summed E-state index contributed by atoms with van der Waals surface area (Å²) >= 11 is 0. The summed E-state index contributed by atoms with van der Waals surface area (Å²) in [6.07, 6.45) is 6.96. The first kappa shape index (κ1) is 38.8. The van der Waals surface area contributed by atoms with E-state index in [1.165, 1.54) is 0 Å². The number of fused-ring (bicyclic) bond motifs is 1. The number of aliphatic hydroxyl groups excluding tert-OH is 3. The third-order valence-corrected chi connectivity index (χ3v) is 17.7. The summed E-state index contributed by atoms with van der Waals surface area (Å²) in [6, 6.07) is 2.32. The number of furan rings is 1. The van der Waals surface area contributed by atoms with Gasteiger partial charge >= 0.3 is 11.9 Å². The van der Waals surface area contributed by atoms with Crippen molar-refractivity contribution in [3.8, 4) is 0 Å². The van der Waals surface area contributed by atoms with E-state index in [1.807, 2.05) is 19.9 Å². The first-order valence-electron chi connectivity index (χ1n) is 22.1. The minimum Gasteiger partial charge on any atom is -0.469 e. The summed E-state index contributed by atoms with van der Waals surface area (Å²) in [5, 5.41) is 41.6. The molecule has 4 aliphatic carbocycles. The normalized spacial score (nSPS) is 47.4. The molecule has 13 heteroatoms. The SMILES string of the molecule is CC1(C)OC2CC(=O)OCC23C1C(=O)C(O)C1(C2CCCCC2)C3CCC2(C)C(c3ccoc3CC(C(O)CO)C3CCC(C4CNCN4)CC3)OC(=O)C3OC321. The second kappa shape index (κ2) is 13.6. The molecule has 6 heterocycles. The van der Waals surface area contributed by atoms with Gasteiger partial charge in [0.25, 0.3) is 0 Å². The largest absolute Gasteiger partial charge is 0.469 e. The lowest BCUT2D eigenvalue weighted by atomic mass is 9.33. The Morgan fingerprint density at radius 3 is 2.46 bits per heavy atom. The van der Waals surface area contributed by atoms with Gasteiger partial charge < -0.3 is 49.3 Å². The van der Waals surface area contributed by atoms with E-state index in [2.05, 4.69) is 17.6 Å². The molecular formula is C44H62N2O11. The molecule has 13 unspecified atom stereocenters. The Morgan fingerprint density at radius 2 is 1.74 bits per heavy atom. The van der Waals surface area contributed by atoms with E-state index in [0.717, 1.165) is 71.0 Å². The average molecular weight is 795 g/mol. The topological polar surface area (TPSA) is 189 Å². The highest BCUT2D eigenvalue weighted by atomic mass is 16.7. The van der Waals surface area contributed by atoms with Crippen molar-refractivity contribution >= 4 is 17.7 Å². The molecule has 314 valence electrons. The van der Waals surface area contributed by atoms with Crippen LogP contribution in [0.25, 0.3) is 0 Å². The number of Topliss-reactive ketones (excluding diaryl/α,β-unsaturated/α-hetero) is 1. The van der Waals surface area contributed by atoms with Crippen LogP contribution in [0.4, 0.5) is 0 Å². The predicted octanol–water partition coefficient (Wildman–Crippen LogP) is 3.51. The fourth-order valence-corrected chi connectivity index (χ4v) is 15.5. The van der Waals surface area contributed by atoms with Crippen LogP contribution in [0, 0.1) is 51.8 Å². The molecular weight excluding hydrogens is 732 g/mol. The van der Waals surface area contributed by atoms with E-state index < -0.39 is 69.9 Å². The zero-order valence-corrected chi connectivity index (χ0v) is 33.7. The molecule has 1 aromatic heterocycles. The number of epoxide rings is 1. The van der Waals surface area contributed by atoms with Crippen LogP contribution in [0.5, 0.6) is 0 Å². The highest BCUT2D eigenvalue weighted by Gasteiger charge is 2.92. The van der Waals surface area contributed by atoms with Gasteiger partial charge in [-0.1, -0.05) is 26.2 Å². The molecule has 10 rings (SSSR count). The predicted molar refractivity (Wildman–Crippen MR) is 202 cm³/mol. The molecule has 0 radical (unpaired) electrons. The van der Waals surface area contributed by atoms with E-state index >= 15 is 4.79 Å². The first-order chi connectivity index (χ1) is 27.3. The minimum atomic E-state index is -1.42. The van der Waals surface area contributed by atoms with E-state index in [9.17, 15) is 24.9 Å². The number of cyclic esters (lactones) is 2. The number of aliphatic hydroxyl groups is 3. The molecule has 4 saturated carbocycles. The van der Waals surface area contributed by atoms with Crippen molar-refractivity contribution in [1.29, 1.82) is 0 Å². The number of hydrogen-bond donors (Lipinski definition) is 5. The monoisotopic (exact) mass is 794 g/mol. The fraction of sp³-hybridized carbons (Fsp3) is 0.841. The maximum Gasteiger partial charge on any atom is 0.339 e. The summed E-state index contributed by atoms with van der Waals surface area (Å²) in [6.45, 7) is 7.37. The van der Waals surface area contributed by atoms with Gasteiger partial charge in [0, 0.05) is 47.5 Å². The van der Waals surface area contributed by atoms with Crippen LogP contribution in [-0.2, 0) is 39.8 Å². The van der Waals surface area contributed by atoms with E-state index in [4.69, 9.17) is 23.4 Å². The van der Waals surface area contributed by atoms with E-state index in [1.54, 1.807) is 6.26 Å². The Hall–Kier alpha value is -2.39. The molecule has 2 spiro atoms. The van der Waals surface area contributed by atoms with Crippen LogP contribution < -0.4 is 10.6 Å². The van der Waals surface area contributed by atoms with E-state index in [-0.39, 0.29) is 55.1 Å². The van der Waals surface area contributed by atoms with Crippen LogP contribution >= 0.6 is 0 Å². The van der Waals surface area contributed by atoms with Gasteiger partial charge in [0.1, 0.15) is 30.2 Å². The smallest absolute Gasteiger partial charge is 0.339 e. The summed E-state index contributed by atoms with van der Waals surface area (Å²) in [5.41, 5.74) is -4.38. The Morgan fingerprint density at radius 1 is 0.965 bits per heavy atom. The molecule has 5 N–H and O–H groups in total. The Bertz CT molecular complexity index is 1760. The Kier molecular flexibility index (Phi) is 9.23. The molecule has 13 nitrogen and oxygen atoms in total. The highest BCUT2D eigenvalue weighted by molar-refractivity contribution is 5.92. The van der Waals surface area contributed by atoms with Gasteiger partial charge in [-0.25, -0.2) is 4.79 Å². The second-order valence-corrected chi connectivity index (χ2v) is 20.3. The van der Waals surface area contributed by atoms with Gasteiger partial charge in [0.15, 0.2) is 11.9 Å². The molecule has 5 aliphatic heterocycles. The van der Waals surface area contributed by atoms with Gasteiger partial charge in [-0.05, 0) is 101 Å². The second-order valence-electron chi connectivity index (χ2n) is 20.3. The van der Waals surface area contributed by atoms with Crippen molar-refractivity contribution in [3.05, 3.63) is 23.7 Å². The fourth-order valence-electron chi connectivity index (χ4n) is 15.5. The minimum absolute atomic E-state index is 0.0317. The number of nitrogens with one attached hydrogen (secondary N) is 2. The molecule has 9 fully saturated rings. The number of carbonyl (C=O) groups is 3. The molecule has 9 aliphatic rings. The summed E-state index contributed by atoms with van der Waals surface area (Å²) in [5.74, 6) is -1.21. The van der Waals surface area contributed by atoms with Gasteiger partial charge in [-0.3, -0.25) is 9.59 Å². The molecule has 57 heavy (non-hydrogen) atoms. The van der Waals surface area contributed by atoms with Crippen molar-refractivity contribution in [2.75, 3.05) is 26.4 Å². The number of hydrogen-bond acceptors (Lipinski definition) is 13. The number of rotatable bonds is 8. The summed E-state index contributed by atoms with van der Waals surface area (Å²) < 4.78 is 32.3. The number of carbonyl (C=O) groups excluding carboxylic acids is 3. The zero-order valence-electron chi connectivity index (χ0n) is 33.7. The third-order valence-electron chi connectivity index (χ3n) is 17.7. The molecule has 0 bridgehead atoms. The first-order valence-corrected chi connectivity index (χ1v) is 22.1. The maximum absolute atomic E-state index is 15.2. The van der Waals surface area contributed by atoms with Crippen LogP contribution in [0.3, 0.4) is 0 Å². The summed E-state index contributed by atoms with van der Waals surface area (Å²) in [4.78, 5) is 42.5. The highest BCUT2D eigenvalue weighted by Crippen LogP contribution is 2.82. The Balaban J connectivity index is 1.04. The zero-order chi connectivity index (χ0) is 39.7. The van der Waals surface area contributed by atoms with Crippen LogP contribution in [-0.4, -0.2) is 101 Å². The number of ether oxygens (including phenoxy) is 4. The van der Waals surface area contributed by atoms with Gasteiger partial charge in [-0.2, -0.15) is 0 Å². The quantitative estimate of drug-likeness (QED) is 0.190. The van der Waals surface area contributed by atoms with Gasteiger partial charge in [0.05, 0.1) is 43.0 Å². The van der Waals surface area contributed by atoms with Gasteiger partial charge in [-0.15, -0.1) is 0 Å². The maximum atomic E-state index is 15.2. The standard InChI is InChI=1S/C44H62N2O11/c1-40(2)35-34(50)36(51)43(25-7-5-4-6-8-25)31(42(35)21-54-33(49)18-32(42)56-40)13-15-41(3)37(55-39(52)38-44(41,43)57-38)26-14-16-53-30(26)17-27(29(48)20-47)23-9-11-24(12-10-23)28-19-45-22-46-28/h14,16,23-25,27-29,31-32,35-38,45-48,51H,4-13,15,17-22H2,1-3H3. The van der Waals surface area contributed by atoms with Crippen LogP contribution in [0.2, 0.25) is 0 Å². The van der Waals surface area contributed by atoms with E-state index in [0.29, 0.717) is 42.5 Å². The van der Waals surface area contributed by atoms with Crippen molar-refractivity contribution in [2.45, 2.75) is 152 Å². The molecule has 13 atom stereocenters. The molecule has 0 amide bonds. The molecule has 5 saturated heterocycles. The van der Waals surface area contributed by atoms with Crippen molar-refractivity contribution in [1.82, 2.24) is 10.6 Å². The molecule has 0 aromatic carbocycles. The third kappa shape index (κ3) is 5.14. The Labute approximate surface area is 334 Å². The van der Waals surface area contributed by atoms with Crippen molar-refractivity contribution in [2.24, 2.45) is 51.8 Å². The lowest BCUT2D eigenvalue weighted by molar-refractivity contribution is -0.275. The lowest BCUT2D eigenvalue weighted by Crippen LogP contribution is -2.79. The molecule has 1 aromatic rings. The van der Waals surface area contributed by atoms with Crippen molar-refractivity contribution in [3.63, 3.8) is 0 Å². The lowest BCUT2D eigenvalue weighted by Gasteiger charge is -2.70.